The van der Waals surface area contributed by atoms with Crippen molar-refractivity contribution in [3.8, 4) is 0 Å². The number of hydrogen-bond acceptors (Lipinski definition) is 4. The molecule has 0 aliphatic rings. The van der Waals surface area contributed by atoms with E-state index in [9.17, 15) is 9.59 Å². The highest BCUT2D eigenvalue weighted by molar-refractivity contribution is 7.12. The third-order valence-electron chi connectivity index (χ3n) is 2.90. The van der Waals surface area contributed by atoms with Crippen molar-refractivity contribution in [2.45, 2.75) is 0 Å². The molecule has 0 amide bonds. The lowest BCUT2D eigenvalue weighted by atomic mass is 10.0. The normalized spacial score (nSPS) is 10.4. The second-order valence-corrected chi connectivity index (χ2v) is 6.09. The molecule has 0 unspecified atom stereocenters. The topological polar surface area (TPSA) is 34.1 Å². The van der Waals surface area contributed by atoms with Crippen molar-refractivity contribution >= 4 is 34.2 Å². The lowest BCUT2D eigenvalue weighted by Crippen LogP contribution is -2.02. The molecule has 20 heavy (non-hydrogen) atoms. The van der Waals surface area contributed by atoms with Gasteiger partial charge in [-0.1, -0.05) is 36.4 Å². The van der Waals surface area contributed by atoms with E-state index in [1.165, 1.54) is 22.7 Å². The molecule has 2 heterocycles. The van der Waals surface area contributed by atoms with Gasteiger partial charge >= 0.3 is 0 Å². The number of hydrogen-bond donors (Lipinski definition) is 0. The highest BCUT2D eigenvalue weighted by Gasteiger charge is 2.13. The summed E-state index contributed by atoms with van der Waals surface area (Å²) >= 11 is 2.84. The minimum atomic E-state index is -0.00452. The molecule has 3 rings (SSSR count). The first-order valence-corrected chi connectivity index (χ1v) is 7.78. The molecule has 0 radical (unpaired) electrons. The van der Waals surface area contributed by atoms with Crippen LogP contribution in [0.1, 0.15) is 30.5 Å². The molecular formula is C16H10O2S2. The van der Waals surface area contributed by atoms with Gasteiger partial charge in [0, 0.05) is 11.1 Å². The third kappa shape index (κ3) is 2.48. The number of carbonyl (C=O) groups is 2. The summed E-state index contributed by atoms with van der Waals surface area (Å²) in [5, 5.41) is 3.75. The van der Waals surface area contributed by atoms with Gasteiger partial charge in [0.15, 0.2) is 0 Å². The van der Waals surface area contributed by atoms with E-state index < -0.39 is 0 Å². The Bertz CT molecular complexity index is 658. The molecule has 0 fully saturated rings. The summed E-state index contributed by atoms with van der Waals surface area (Å²) in [6.07, 6.45) is 0. The van der Waals surface area contributed by atoms with Gasteiger partial charge in [0.25, 0.3) is 0 Å². The summed E-state index contributed by atoms with van der Waals surface area (Å²) in [5.74, 6) is -0.00903. The van der Waals surface area contributed by atoms with E-state index in [0.717, 1.165) is 0 Å². The zero-order valence-electron chi connectivity index (χ0n) is 10.4. The maximum Gasteiger partial charge on any atom is 0.202 e. The van der Waals surface area contributed by atoms with E-state index in [4.69, 9.17) is 0 Å². The Morgan fingerprint density at radius 3 is 1.35 bits per heavy atom. The Labute approximate surface area is 124 Å². The van der Waals surface area contributed by atoms with Gasteiger partial charge in [-0.3, -0.25) is 9.59 Å². The molecule has 98 valence electrons. The van der Waals surface area contributed by atoms with Crippen LogP contribution in [0.3, 0.4) is 0 Å². The Morgan fingerprint density at radius 1 is 0.650 bits per heavy atom. The number of carbonyl (C=O) groups excluding carboxylic acids is 2. The number of thiophene rings is 2. The van der Waals surface area contributed by atoms with Crippen molar-refractivity contribution in [1.29, 1.82) is 0 Å². The zero-order chi connectivity index (χ0) is 13.9. The smallest absolute Gasteiger partial charge is 0.202 e. The lowest BCUT2D eigenvalue weighted by Gasteiger charge is -2.01. The molecule has 0 bridgehead atoms. The fraction of sp³-hybridized carbons (Fsp3) is 0. The minimum absolute atomic E-state index is 0.00452. The minimum Gasteiger partial charge on any atom is -0.288 e. The van der Waals surface area contributed by atoms with Crippen LogP contribution in [0.25, 0.3) is 0 Å². The van der Waals surface area contributed by atoms with Crippen LogP contribution in [0.15, 0.2) is 59.3 Å². The van der Waals surface area contributed by atoms with Crippen molar-refractivity contribution in [2.75, 3.05) is 0 Å². The molecule has 2 aromatic heterocycles. The third-order valence-corrected chi connectivity index (χ3v) is 4.64. The number of benzene rings is 1. The average molecular weight is 298 g/mol. The molecule has 4 heteroatoms. The second-order valence-electron chi connectivity index (χ2n) is 4.19. The van der Waals surface area contributed by atoms with E-state index >= 15 is 0 Å². The molecule has 3 aromatic rings. The largest absolute Gasteiger partial charge is 0.288 e. The Morgan fingerprint density at radius 2 is 1.05 bits per heavy atom. The van der Waals surface area contributed by atoms with Crippen LogP contribution in [0, 0.1) is 0 Å². The molecule has 1 aromatic carbocycles. The molecular weight excluding hydrogens is 288 g/mol. The van der Waals surface area contributed by atoms with Gasteiger partial charge in [-0.15, -0.1) is 22.7 Å². The van der Waals surface area contributed by atoms with Gasteiger partial charge < -0.3 is 0 Å². The molecule has 0 saturated heterocycles. The second kappa shape index (κ2) is 5.53. The molecule has 0 spiro atoms. The highest BCUT2D eigenvalue weighted by atomic mass is 32.1. The first-order chi connectivity index (χ1) is 9.75. The van der Waals surface area contributed by atoms with Gasteiger partial charge in [0.1, 0.15) is 0 Å². The van der Waals surface area contributed by atoms with Gasteiger partial charge in [0.05, 0.1) is 9.75 Å². The zero-order valence-corrected chi connectivity index (χ0v) is 12.0. The summed E-state index contributed by atoms with van der Waals surface area (Å²) in [5.41, 5.74) is 1.21. The standard InChI is InChI=1S/C16H10O2S2/c17-15(13-3-1-9-19-13)11-5-7-12(8-6-11)16(18)14-4-2-10-20-14/h1-10H. The fourth-order valence-corrected chi connectivity index (χ4v) is 3.24. The number of ketones is 2. The lowest BCUT2D eigenvalue weighted by molar-refractivity contribution is 0.103. The average Bonchev–Trinajstić information content (AvgIpc) is 3.18. The first-order valence-electron chi connectivity index (χ1n) is 6.02. The maximum absolute atomic E-state index is 12.1. The van der Waals surface area contributed by atoms with Crippen LogP contribution in [0.5, 0.6) is 0 Å². The molecule has 0 atom stereocenters. The molecule has 2 nitrogen and oxygen atoms in total. The summed E-state index contributed by atoms with van der Waals surface area (Å²) in [7, 11) is 0. The van der Waals surface area contributed by atoms with E-state index in [-0.39, 0.29) is 11.6 Å². The Hall–Kier alpha value is -2.04. The monoisotopic (exact) mass is 298 g/mol. The molecule has 0 aliphatic heterocycles. The van der Waals surface area contributed by atoms with Crippen LogP contribution in [0.2, 0.25) is 0 Å². The molecule has 0 N–H and O–H groups in total. The van der Waals surface area contributed by atoms with Crippen LogP contribution >= 0.6 is 22.7 Å². The van der Waals surface area contributed by atoms with Crippen LogP contribution < -0.4 is 0 Å². The van der Waals surface area contributed by atoms with Crippen molar-refractivity contribution < 1.29 is 9.59 Å². The molecule has 0 aliphatic carbocycles. The SMILES string of the molecule is O=C(c1ccc(C(=O)c2cccs2)cc1)c1cccs1. The Kier molecular flexibility index (Phi) is 3.58. The summed E-state index contributed by atoms with van der Waals surface area (Å²) in [6.45, 7) is 0. The van der Waals surface area contributed by atoms with Crippen LogP contribution in [-0.2, 0) is 0 Å². The van der Waals surface area contributed by atoms with Gasteiger partial charge in [-0.05, 0) is 22.9 Å². The summed E-state index contributed by atoms with van der Waals surface area (Å²) in [6, 6.07) is 14.2. The van der Waals surface area contributed by atoms with Gasteiger partial charge in [-0.2, -0.15) is 0 Å². The van der Waals surface area contributed by atoms with E-state index in [1.807, 2.05) is 22.9 Å². The summed E-state index contributed by atoms with van der Waals surface area (Å²) in [4.78, 5) is 25.7. The maximum atomic E-state index is 12.1. The van der Waals surface area contributed by atoms with E-state index in [1.54, 1.807) is 36.4 Å². The van der Waals surface area contributed by atoms with Crippen molar-refractivity contribution in [3.63, 3.8) is 0 Å². The fourth-order valence-electron chi connectivity index (χ4n) is 1.87. The van der Waals surface area contributed by atoms with Crippen molar-refractivity contribution in [3.05, 3.63) is 80.2 Å². The number of rotatable bonds is 4. The van der Waals surface area contributed by atoms with Gasteiger partial charge in [0.2, 0.25) is 11.6 Å². The van der Waals surface area contributed by atoms with Gasteiger partial charge in [-0.25, -0.2) is 0 Å². The van der Waals surface area contributed by atoms with Crippen LogP contribution in [-0.4, -0.2) is 11.6 Å². The van der Waals surface area contributed by atoms with E-state index in [0.29, 0.717) is 20.9 Å². The summed E-state index contributed by atoms with van der Waals surface area (Å²) < 4.78 is 0. The Balaban J connectivity index is 1.85. The molecule has 0 saturated carbocycles. The van der Waals surface area contributed by atoms with Crippen molar-refractivity contribution in [1.82, 2.24) is 0 Å². The van der Waals surface area contributed by atoms with E-state index in [2.05, 4.69) is 0 Å². The predicted molar refractivity (Wildman–Crippen MR) is 81.9 cm³/mol. The van der Waals surface area contributed by atoms with Crippen LogP contribution in [0.4, 0.5) is 0 Å². The first kappa shape index (κ1) is 13.0. The highest BCUT2D eigenvalue weighted by Crippen LogP contribution is 2.18. The quantitative estimate of drug-likeness (QED) is 0.674. The predicted octanol–water partition coefficient (Wildman–Crippen LogP) is 4.27. The van der Waals surface area contributed by atoms with Crippen molar-refractivity contribution in [2.24, 2.45) is 0 Å².